The van der Waals surface area contributed by atoms with Gasteiger partial charge in [-0.2, -0.15) is 0 Å². The summed E-state index contributed by atoms with van der Waals surface area (Å²) in [6, 6.07) is 22.1. The van der Waals surface area contributed by atoms with E-state index in [-0.39, 0.29) is 48.4 Å². The number of aromatic nitrogens is 3. The topological polar surface area (TPSA) is 89.1 Å². The molecule has 0 aliphatic carbocycles. The zero-order valence-corrected chi connectivity index (χ0v) is 33.5. The fourth-order valence-corrected chi connectivity index (χ4v) is 6.18. The number of allylic oxidation sites excluding steroid dienone is 2. The molecule has 0 spiro atoms. The van der Waals surface area contributed by atoms with Crippen molar-refractivity contribution in [2.45, 2.75) is 101 Å². The predicted octanol–water partition coefficient (Wildman–Crippen LogP) is 11.9. The second-order valence-corrected chi connectivity index (χ2v) is 14.2. The molecule has 50 heavy (non-hydrogen) atoms. The van der Waals surface area contributed by atoms with Gasteiger partial charge in [-0.25, -0.2) is 9.97 Å². The molecule has 0 fully saturated rings. The quantitative estimate of drug-likeness (QED) is 0.0675. The van der Waals surface area contributed by atoms with Crippen molar-refractivity contribution < 1.29 is 34.4 Å². The van der Waals surface area contributed by atoms with Crippen LogP contribution < -0.4 is 0 Å². The van der Waals surface area contributed by atoms with Crippen molar-refractivity contribution in [2.75, 3.05) is 0 Å². The Morgan fingerprint density at radius 3 is 2.16 bits per heavy atom. The maximum absolute atomic E-state index is 12.2. The summed E-state index contributed by atoms with van der Waals surface area (Å²) in [5.41, 5.74) is 5.62. The Labute approximate surface area is 310 Å². The average molecular weight is 849 g/mol. The number of rotatable bonds is 9. The number of benzene rings is 3. The molecule has 0 atom stereocenters. The minimum Gasteiger partial charge on any atom is -0.512 e. The Hall–Kier alpha value is -3.93. The number of carbonyl (C=O) groups is 1. The number of nitrogens with zero attached hydrogens (tertiary/aromatic N) is 3. The van der Waals surface area contributed by atoms with Crippen LogP contribution in [0.1, 0.15) is 104 Å². The van der Waals surface area contributed by atoms with Crippen LogP contribution in [0.5, 0.6) is 0 Å². The predicted molar refractivity (Wildman–Crippen MR) is 203 cm³/mol. The van der Waals surface area contributed by atoms with Crippen LogP contribution in [0.4, 0.5) is 0 Å². The van der Waals surface area contributed by atoms with Crippen LogP contribution in [0.25, 0.3) is 55.0 Å². The van der Waals surface area contributed by atoms with E-state index in [0.717, 1.165) is 75.7 Å². The molecule has 3 heterocycles. The van der Waals surface area contributed by atoms with E-state index in [0.29, 0.717) is 5.71 Å². The third-order valence-electron chi connectivity index (χ3n) is 10.7. The first-order valence-electron chi connectivity index (χ1n) is 17.7. The first kappa shape index (κ1) is 38.9. The van der Waals surface area contributed by atoms with Gasteiger partial charge in [0.2, 0.25) is 5.71 Å². The molecule has 3 aromatic heterocycles. The van der Waals surface area contributed by atoms with Gasteiger partial charge in [0.05, 0.1) is 11.1 Å². The number of aryl methyl sites for hydroxylation is 2. The van der Waals surface area contributed by atoms with E-state index in [1.807, 2.05) is 66.7 Å². The van der Waals surface area contributed by atoms with Gasteiger partial charge in [0.1, 0.15) is 11.6 Å². The normalized spacial score (nSPS) is 12.4. The number of pyridine rings is 1. The third kappa shape index (κ3) is 7.27. The Bertz CT molecular complexity index is 2190. The molecule has 3 aromatic carbocycles. The van der Waals surface area contributed by atoms with Crippen LogP contribution in [-0.2, 0) is 24.9 Å². The summed E-state index contributed by atoms with van der Waals surface area (Å²) in [7, 11) is 0. The SMILES string of the molecule is CCC(C)(CC)C(=O)/C=C(\O)C(C)(CC)CC.Cc1ccc2c(n1)oc1c(-c3nc(C(C)C)nc4c3ccc3cccc(C)c34)[c-]ccc12.[Ir]. The fraction of sp³-hybridized carbons (Fsp3) is 0.395. The molecule has 6 nitrogen and oxygen atoms in total. The standard InChI is InChI=1S/C28H22N3O.C15H28O2.Ir/c1-15(2)27-30-24(21-14-12-18-8-5-7-16(3)23(18)25(21)31-27)22-10-6-9-19-20-13-11-17(4)29-28(20)32-26(19)22;1-7-14(5,8-2)12(16)11-13(17)15(6,9-3)10-4;/h5-9,11-15H,1-4H3;11,16H,7-10H2,1-6H3;/q-1;;/b;12-11-;. The molecule has 0 saturated heterocycles. The second kappa shape index (κ2) is 15.5. The van der Waals surface area contributed by atoms with Crippen molar-refractivity contribution >= 4 is 49.5 Å². The molecule has 265 valence electrons. The first-order valence-corrected chi connectivity index (χ1v) is 17.7. The summed E-state index contributed by atoms with van der Waals surface area (Å²) in [5, 5.41) is 15.5. The van der Waals surface area contributed by atoms with Gasteiger partial charge < -0.3 is 9.52 Å². The zero-order chi connectivity index (χ0) is 35.7. The average Bonchev–Trinajstić information content (AvgIpc) is 3.48. The molecular formula is C43H50IrN3O3-. The van der Waals surface area contributed by atoms with E-state index in [1.54, 1.807) is 0 Å². The summed E-state index contributed by atoms with van der Waals surface area (Å²) >= 11 is 0. The number of ketones is 1. The fourth-order valence-electron chi connectivity index (χ4n) is 6.18. The molecule has 0 amide bonds. The summed E-state index contributed by atoms with van der Waals surface area (Å²) in [6.45, 7) is 20.4. The number of furan rings is 1. The van der Waals surface area contributed by atoms with Gasteiger partial charge in [0, 0.05) is 65.1 Å². The molecule has 0 bridgehead atoms. The van der Waals surface area contributed by atoms with Crippen LogP contribution in [0.2, 0.25) is 0 Å². The minimum absolute atomic E-state index is 0. The first-order chi connectivity index (χ1) is 23.3. The van der Waals surface area contributed by atoms with E-state index >= 15 is 0 Å². The maximum Gasteiger partial charge on any atom is 0.216 e. The van der Waals surface area contributed by atoms with Gasteiger partial charge in [-0.1, -0.05) is 96.7 Å². The summed E-state index contributed by atoms with van der Waals surface area (Å²) in [4.78, 5) is 26.8. The summed E-state index contributed by atoms with van der Waals surface area (Å²) in [5.74, 6) is 1.30. The Morgan fingerprint density at radius 1 is 0.860 bits per heavy atom. The van der Waals surface area contributed by atoms with E-state index in [1.165, 1.54) is 22.4 Å². The monoisotopic (exact) mass is 849 g/mol. The molecule has 1 N–H and O–H groups in total. The number of aliphatic hydroxyl groups is 1. The Balaban J connectivity index is 0.000000269. The van der Waals surface area contributed by atoms with Crippen LogP contribution in [0.3, 0.4) is 0 Å². The smallest absolute Gasteiger partial charge is 0.216 e. The third-order valence-corrected chi connectivity index (χ3v) is 10.7. The molecule has 7 heteroatoms. The van der Waals surface area contributed by atoms with Crippen molar-refractivity contribution in [1.29, 1.82) is 0 Å². The minimum atomic E-state index is -0.337. The molecule has 0 saturated carbocycles. The van der Waals surface area contributed by atoms with Crippen LogP contribution >= 0.6 is 0 Å². The van der Waals surface area contributed by atoms with E-state index in [4.69, 9.17) is 14.4 Å². The Kier molecular flexibility index (Phi) is 12.1. The zero-order valence-electron chi connectivity index (χ0n) is 31.1. The maximum atomic E-state index is 12.2. The van der Waals surface area contributed by atoms with Crippen LogP contribution in [0, 0.1) is 30.7 Å². The molecule has 1 radical (unpaired) electrons. The Morgan fingerprint density at radius 2 is 1.52 bits per heavy atom. The van der Waals surface area contributed by atoms with Gasteiger partial charge in [-0.3, -0.25) is 9.78 Å². The number of hydrogen-bond acceptors (Lipinski definition) is 6. The van der Waals surface area contributed by atoms with Gasteiger partial charge in [0.25, 0.3) is 0 Å². The molecule has 6 aromatic rings. The molecule has 0 aliphatic rings. The molecule has 0 unspecified atom stereocenters. The second-order valence-electron chi connectivity index (χ2n) is 14.2. The van der Waals surface area contributed by atoms with Gasteiger partial charge in [-0.15, -0.1) is 18.2 Å². The number of fused-ring (bicyclic) bond motifs is 6. The summed E-state index contributed by atoms with van der Waals surface area (Å²) < 4.78 is 6.28. The number of carbonyl (C=O) groups excluding carboxylic acids is 1. The number of aliphatic hydroxyl groups excluding tert-OH is 1. The van der Waals surface area contributed by atoms with Crippen molar-refractivity contribution in [1.82, 2.24) is 15.0 Å². The van der Waals surface area contributed by atoms with Gasteiger partial charge in [0.15, 0.2) is 5.78 Å². The van der Waals surface area contributed by atoms with E-state index < -0.39 is 0 Å². The van der Waals surface area contributed by atoms with E-state index in [9.17, 15) is 9.90 Å². The number of hydrogen-bond donors (Lipinski definition) is 1. The largest absolute Gasteiger partial charge is 0.512 e. The van der Waals surface area contributed by atoms with Crippen LogP contribution in [0.15, 0.2) is 70.8 Å². The van der Waals surface area contributed by atoms with Gasteiger partial charge >= 0.3 is 0 Å². The van der Waals surface area contributed by atoms with Crippen molar-refractivity contribution in [3.63, 3.8) is 0 Å². The van der Waals surface area contributed by atoms with Gasteiger partial charge in [-0.05, 0) is 68.0 Å². The van der Waals surface area contributed by atoms with Crippen molar-refractivity contribution in [3.05, 3.63) is 89.6 Å². The molecular weight excluding hydrogens is 799 g/mol. The summed E-state index contributed by atoms with van der Waals surface area (Å²) in [6.07, 6.45) is 4.75. The van der Waals surface area contributed by atoms with Crippen molar-refractivity contribution in [3.8, 4) is 11.3 Å². The molecule has 6 rings (SSSR count). The van der Waals surface area contributed by atoms with E-state index in [2.05, 4.69) is 68.2 Å². The van der Waals surface area contributed by atoms with Crippen molar-refractivity contribution in [2.24, 2.45) is 10.8 Å². The van der Waals surface area contributed by atoms with Crippen LogP contribution in [-0.4, -0.2) is 25.8 Å². The molecule has 0 aliphatic heterocycles.